The van der Waals surface area contributed by atoms with Crippen molar-refractivity contribution in [2.75, 3.05) is 7.05 Å². The van der Waals surface area contributed by atoms with E-state index >= 15 is 0 Å². The molecule has 1 unspecified atom stereocenters. The van der Waals surface area contributed by atoms with Crippen molar-refractivity contribution < 1.29 is 13.2 Å². The first-order chi connectivity index (χ1) is 9.82. The predicted octanol–water partition coefficient (Wildman–Crippen LogP) is 3.60. The van der Waals surface area contributed by atoms with Crippen LogP contribution in [0.2, 0.25) is 5.02 Å². The molecule has 1 aromatic heterocycles. The molecule has 1 heterocycles. The van der Waals surface area contributed by atoms with E-state index in [2.05, 4.69) is 10.4 Å². The van der Waals surface area contributed by atoms with Crippen molar-refractivity contribution in [1.82, 2.24) is 15.1 Å². The van der Waals surface area contributed by atoms with Crippen LogP contribution in [0.3, 0.4) is 0 Å². The molecule has 0 bridgehead atoms. The summed E-state index contributed by atoms with van der Waals surface area (Å²) in [6.45, 7) is 0. The zero-order valence-electron chi connectivity index (χ0n) is 11.6. The highest BCUT2D eigenvalue weighted by Gasteiger charge is 2.30. The fraction of sp³-hybridized carbons (Fsp3) is 0.357. The van der Waals surface area contributed by atoms with Crippen LogP contribution in [0.5, 0.6) is 0 Å². The topological polar surface area (TPSA) is 29.9 Å². The van der Waals surface area contributed by atoms with Crippen molar-refractivity contribution in [2.45, 2.75) is 18.6 Å². The lowest BCUT2D eigenvalue weighted by Gasteiger charge is -2.18. The Kier molecular flexibility index (Phi) is 4.58. The summed E-state index contributed by atoms with van der Waals surface area (Å²) < 4.78 is 39.8. The number of benzene rings is 1. The first-order valence-electron chi connectivity index (χ1n) is 6.33. The van der Waals surface area contributed by atoms with E-state index in [1.165, 1.54) is 12.3 Å². The van der Waals surface area contributed by atoms with Crippen LogP contribution in [0, 0.1) is 0 Å². The number of nitrogens with zero attached hydrogens (tertiary/aromatic N) is 2. The fourth-order valence-corrected chi connectivity index (χ4v) is 2.56. The number of nitrogens with one attached hydrogen (secondary N) is 1. The van der Waals surface area contributed by atoms with Gasteiger partial charge in [-0.1, -0.05) is 29.8 Å². The van der Waals surface area contributed by atoms with E-state index in [0.29, 0.717) is 17.0 Å². The lowest BCUT2D eigenvalue weighted by Crippen LogP contribution is -2.22. The summed E-state index contributed by atoms with van der Waals surface area (Å²) in [5, 5.41) is 7.60. The number of likely N-dealkylation sites (N-methyl/N-ethyl adjacent to an activating group) is 1. The Morgan fingerprint density at radius 2 is 2.10 bits per heavy atom. The van der Waals surface area contributed by atoms with Crippen LogP contribution in [0.1, 0.15) is 22.9 Å². The molecule has 3 nitrogen and oxygen atoms in total. The zero-order valence-corrected chi connectivity index (χ0v) is 12.3. The fourth-order valence-electron chi connectivity index (χ4n) is 2.26. The van der Waals surface area contributed by atoms with E-state index in [1.807, 2.05) is 0 Å². The third-order valence-corrected chi connectivity index (χ3v) is 3.60. The number of rotatable bonds is 4. The van der Waals surface area contributed by atoms with E-state index in [1.54, 1.807) is 24.8 Å². The molecule has 0 amide bonds. The summed E-state index contributed by atoms with van der Waals surface area (Å²) in [7, 11) is 3.49. The Bertz CT molecular complexity index is 603. The van der Waals surface area contributed by atoms with Gasteiger partial charge in [-0.25, -0.2) is 0 Å². The van der Waals surface area contributed by atoms with Gasteiger partial charge in [-0.2, -0.15) is 18.3 Å². The largest absolute Gasteiger partial charge is 0.416 e. The van der Waals surface area contributed by atoms with Gasteiger partial charge in [-0.05, 0) is 25.1 Å². The van der Waals surface area contributed by atoms with Gasteiger partial charge in [-0.15, -0.1) is 0 Å². The van der Waals surface area contributed by atoms with E-state index in [9.17, 15) is 13.2 Å². The number of hydrogen-bond donors (Lipinski definition) is 1. The zero-order chi connectivity index (χ0) is 15.6. The number of aromatic nitrogens is 2. The SMILES string of the molecule is CNC(Cc1cccc(C(F)(F)F)c1)c1c(Cl)cnn1C. The van der Waals surface area contributed by atoms with Gasteiger partial charge in [0.05, 0.1) is 28.5 Å². The number of hydrogen-bond acceptors (Lipinski definition) is 2. The average molecular weight is 318 g/mol. The molecule has 7 heteroatoms. The molecular weight excluding hydrogens is 303 g/mol. The monoisotopic (exact) mass is 317 g/mol. The normalized spacial score (nSPS) is 13.4. The van der Waals surface area contributed by atoms with Gasteiger partial charge in [0.2, 0.25) is 0 Å². The predicted molar refractivity (Wildman–Crippen MR) is 75.2 cm³/mol. The maximum absolute atomic E-state index is 12.7. The van der Waals surface area contributed by atoms with Gasteiger partial charge in [0, 0.05) is 7.05 Å². The molecular formula is C14H15ClF3N3. The lowest BCUT2D eigenvalue weighted by molar-refractivity contribution is -0.137. The molecule has 2 rings (SSSR count). The van der Waals surface area contributed by atoms with Gasteiger partial charge in [0.1, 0.15) is 0 Å². The number of halogens is 4. The van der Waals surface area contributed by atoms with Crippen LogP contribution < -0.4 is 5.32 Å². The van der Waals surface area contributed by atoms with E-state index < -0.39 is 11.7 Å². The van der Waals surface area contributed by atoms with Gasteiger partial charge in [0.15, 0.2) is 0 Å². The molecule has 0 aliphatic carbocycles. The first-order valence-corrected chi connectivity index (χ1v) is 6.71. The molecule has 114 valence electrons. The van der Waals surface area contributed by atoms with Crippen LogP contribution in [-0.2, 0) is 19.6 Å². The van der Waals surface area contributed by atoms with Crippen LogP contribution in [-0.4, -0.2) is 16.8 Å². The van der Waals surface area contributed by atoms with Crippen molar-refractivity contribution >= 4 is 11.6 Å². The second kappa shape index (κ2) is 6.07. The minimum atomic E-state index is -4.34. The van der Waals surface area contributed by atoms with Crippen LogP contribution >= 0.6 is 11.6 Å². The molecule has 0 fully saturated rings. The molecule has 21 heavy (non-hydrogen) atoms. The molecule has 0 aliphatic heterocycles. The maximum atomic E-state index is 12.7. The molecule has 1 aromatic carbocycles. The minimum absolute atomic E-state index is 0.214. The van der Waals surface area contributed by atoms with Crippen molar-refractivity contribution in [2.24, 2.45) is 7.05 Å². The summed E-state index contributed by atoms with van der Waals surface area (Å²) >= 11 is 6.09. The first kappa shape index (κ1) is 15.9. The highest BCUT2D eigenvalue weighted by Crippen LogP contribution is 2.31. The van der Waals surface area contributed by atoms with Gasteiger partial charge >= 0.3 is 6.18 Å². The Balaban J connectivity index is 2.28. The Morgan fingerprint density at radius 3 is 2.62 bits per heavy atom. The van der Waals surface area contributed by atoms with Gasteiger partial charge < -0.3 is 5.32 Å². The molecule has 0 saturated carbocycles. The molecule has 1 atom stereocenters. The van der Waals surface area contributed by atoms with Crippen LogP contribution in [0.25, 0.3) is 0 Å². The minimum Gasteiger partial charge on any atom is -0.311 e. The Hall–Kier alpha value is -1.53. The van der Waals surface area contributed by atoms with Gasteiger partial charge in [-0.3, -0.25) is 4.68 Å². The summed E-state index contributed by atoms with van der Waals surface area (Å²) in [6.07, 6.45) is -2.43. The molecule has 1 N–H and O–H groups in total. The van der Waals surface area contributed by atoms with Gasteiger partial charge in [0.25, 0.3) is 0 Å². The number of alkyl halides is 3. The summed E-state index contributed by atoms with van der Waals surface area (Å²) in [4.78, 5) is 0. The summed E-state index contributed by atoms with van der Waals surface area (Å²) in [5.74, 6) is 0. The van der Waals surface area contributed by atoms with Crippen molar-refractivity contribution in [3.05, 3.63) is 52.3 Å². The van der Waals surface area contributed by atoms with Crippen molar-refractivity contribution in [3.63, 3.8) is 0 Å². The van der Waals surface area contributed by atoms with E-state index in [0.717, 1.165) is 17.8 Å². The smallest absolute Gasteiger partial charge is 0.311 e. The molecule has 0 spiro atoms. The van der Waals surface area contributed by atoms with Crippen molar-refractivity contribution in [3.8, 4) is 0 Å². The van der Waals surface area contributed by atoms with E-state index in [-0.39, 0.29) is 6.04 Å². The summed E-state index contributed by atoms with van der Waals surface area (Å²) in [5.41, 5.74) is 0.684. The standard InChI is InChI=1S/C14H15ClF3N3/c1-19-12(13-11(15)8-20-21(13)2)7-9-4-3-5-10(6-9)14(16,17)18/h3-6,8,12,19H,7H2,1-2H3. The second-order valence-corrected chi connectivity index (χ2v) is 5.15. The Morgan fingerprint density at radius 1 is 1.38 bits per heavy atom. The summed E-state index contributed by atoms with van der Waals surface area (Å²) in [6, 6.07) is 5.09. The number of aryl methyl sites for hydroxylation is 1. The third kappa shape index (κ3) is 3.57. The van der Waals surface area contributed by atoms with E-state index in [4.69, 9.17) is 11.6 Å². The van der Waals surface area contributed by atoms with Crippen LogP contribution in [0.4, 0.5) is 13.2 Å². The third-order valence-electron chi connectivity index (χ3n) is 3.31. The van der Waals surface area contributed by atoms with Crippen molar-refractivity contribution in [1.29, 1.82) is 0 Å². The molecule has 0 saturated heterocycles. The molecule has 0 radical (unpaired) electrons. The second-order valence-electron chi connectivity index (χ2n) is 4.74. The highest BCUT2D eigenvalue weighted by atomic mass is 35.5. The Labute approximate surface area is 125 Å². The maximum Gasteiger partial charge on any atom is 0.416 e. The highest BCUT2D eigenvalue weighted by molar-refractivity contribution is 6.31. The average Bonchev–Trinajstić information content (AvgIpc) is 2.75. The lowest BCUT2D eigenvalue weighted by atomic mass is 10.0. The van der Waals surface area contributed by atoms with Crippen LogP contribution in [0.15, 0.2) is 30.5 Å². The molecule has 2 aromatic rings. The molecule has 0 aliphatic rings. The quantitative estimate of drug-likeness (QED) is 0.934.